The Balaban J connectivity index is 2.25. The van der Waals surface area contributed by atoms with Crippen molar-refractivity contribution in [2.45, 2.75) is 31.3 Å². The number of nitrogens with zero attached hydrogens (tertiary/aromatic N) is 1. The Morgan fingerprint density at radius 2 is 1.69 bits per heavy atom. The molecule has 0 bridgehead atoms. The molecule has 2 aromatic carbocycles. The molecule has 1 heterocycles. The number of benzene rings is 2. The number of hydrogen-bond donors (Lipinski definition) is 1. The Hall–Kier alpha value is -2.80. The molecule has 2 atom stereocenters. The Morgan fingerprint density at radius 1 is 1.03 bits per heavy atom. The van der Waals surface area contributed by atoms with E-state index in [0.29, 0.717) is 41.3 Å². The van der Waals surface area contributed by atoms with Crippen LogP contribution in [0.2, 0.25) is 0 Å². The molecule has 1 aliphatic rings. The predicted molar refractivity (Wildman–Crippen MR) is 106 cm³/mol. The number of halogens is 1. The highest BCUT2D eigenvalue weighted by Gasteiger charge is 2.37. The number of methoxy groups -OCH3 is 3. The maximum atomic E-state index is 14.3. The highest BCUT2D eigenvalue weighted by molar-refractivity contribution is 5.74. The van der Waals surface area contributed by atoms with Crippen LogP contribution in [0.3, 0.4) is 0 Å². The molecule has 3 rings (SSSR count). The van der Waals surface area contributed by atoms with Crippen LogP contribution in [0.25, 0.3) is 0 Å². The Bertz CT molecular complexity index is 872. The molecule has 1 saturated heterocycles. The van der Waals surface area contributed by atoms with Crippen LogP contribution in [0.5, 0.6) is 17.2 Å². The number of hydrogen-bond acceptors (Lipinski definition) is 5. The van der Waals surface area contributed by atoms with Crippen LogP contribution in [0, 0.1) is 5.82 Å². The maximum absolute atomic E-state index is 14.3. The van der Waals surface area contributed by atoms with Gasteiger partial charge in [-0.25, -0.2) is 4.39 Å². The molecule has 0 saturated carbocycles. The zero-order chi connectivity index (χ0) is 21.0. The summed E-state index contributed by atoms with van der Waals surface area (Å²) in [4.78, 5) is 13.9. The van der Waals surface area contributed by atoms with Gasteiger partial charge in [-0.15, -0.1) is 0 Å². The summed E-state index contributed by atoms with van der Waals surface area (Å²) < 4.78 is 30.7. The zero-order valence-electron chi connectivity index (χ0n) is 16.9. The van der Waals surface area contributed by atoms with Gasteiger partial charge in [0.2, 0.25) is 0 Å². The van der Waals surface area contributed by atoms with Gasteiger partial charge < -0.3 is 19.3 Å². The molecule has 0 spiro atoms. The largest absolute Gasteiger partial charge is 0.497 e. The summed E-state index contributed by atoms with van der Waals surface area (Å²) in [7, 11) is 4.63. The summed E-state index contributed by atoms with van der Waals surface area (Å²) in [5, 5.41) is 9.86. The van der Waals surface area contributed by atoms with E-state index in [1.807, 2.05) is 4.90 Å². The van der Waals surface area contributed by atoms with E-state index < -0.39 is 23.9 Å². The minimum Gasteiger partial charge on any atom is -0.497 e. The first kappa shape index (κ1) is 20.9. The number of aliphatic carboxylic acids is 1. The molecule has 1 fully saturated rings. The molecule has 2 aromatic rings. The van der Waals surface area contributed by atoms with Crippen molar-refractivity contribution < 1.29 is 28.5 Å². The third kappa shape index (κ3) is 4.29. The smallest absolute Gasteiger partial charge is 0.320 e. The normalized spacial score (nSPS) is 18.1. The average Bonchev–Trinajstić information content (AvgIpc) is 2.74. The fourth-order valence-corrected chi connectivity index (χ4v) is 4.02. The quantitative estimate of drug-likeness (QED) is 0.757. The van der Waals surface area contributed by atoms with Crippen LogP contribution in [-0.2, 0) is 4.79 Å². The van der Waals surface area contributed by atoms with E-state index in [1.165, 1.54) is 19.2 Å². The third-order valence-electron chi connectivity index (χ3n) is 5.38. The van der Waals surface area contributed by atoms with Crippen LogP contribution >= 0.6 is 0 Å². The van der Waals surface area contributed by atoms with Crippen LogP contribution < -0.4 is 14.2 Å². The second-order valence-corrected chi connectivity index (χ2v) is 6.98. The molecule has 0 radical (unpaired) electrons. The number of carboxylic acid groups (broad SMARTS) is 1. The Morgan fingerprint density at radius 3 is 2.31 bits per heavy atom. The molecule has 156 valence electrons. The van der Waals surface area contributed by atoms with E-state index in [4.69, 9.17) is 14.2 Å². The van der Waals surface area contributed by atoms with Crippen molar-refractivity contribution in [3.8, 4) is 17.2 Å². The number of ether oxygens (including phenoxy) is 3. The Labute approximate surface area is 169 Å². The summed E-state index contributed by atoms with van der Waals surface area (Å²) in [5.41, 5.74) is 1.25. The SMILES string of the molecule is COc1ccc(OC)c(C(c2cc(F)ccc2OC)N2CCCCC2C(=O)O)c1. The molecule has 29 heavy (non-hydrogen) atoms. The summed E-state index contributed by atoms with van der Waals surface area (Å²) in [6.45, 7) is 0.557. The molecular weight excluding hydrogens is 377 g/mol. The second-order valence-electron chi connectivity index (χ2n) is 6.98. The van der Waals surface area contributed by atoms with Gasteiger partial charge in [-0.05, 0) is 55.8 Å². The van der Waals surface area contributed by atoms with Crippen molar-refractivity contribution in [2.75, 3.05) is 27.9 Å². The van der Waals surface area contributed by atoms with Gasteiger partial charge in [-0.2, -0.15) is 0 Å². The van der Waals surface area contributed by atoms with Gasteiger partial charge >= 0.3 is 5.97 Å². The first-order valence-corrected chi connectivity index (χ1v) is 9.54. The molecule has 7 heteroatoms. The first-order valence-electron chi connectivity index (χ1n) is 9.54. The highest BCUT2D eigenvalue weighted by atomic mass is 19.1. The van der Waals surface area contributed by atoms with Crippen LogP contribution in [0.15, 0.2) is 36.4 Å². The summed E-state index contributed by atoms with van der Waals surface area (Å²) in [6, 6.07) is 8.36. The molecule has 1 aliphatic heterocycles. The lowest BCUT2D eigenvalue weighted by Gasteiger charge is -2.40. The van der Waals surface area contributed by atoms with Crippen molar-refractivity contribution in [1.29, 1.82) is 0 Å². The minimum absolute atomic E-state index is 0.420. The zero-order valence-corrected chi connectivity index (χ0v) is 16.9. The second kappa shape index (κ2) is 9.13. The predicted octanol–water partition coefficient (Wildman–Crippen LogP) is 3.88. The molecule has 1 N–H and O–H groups in total. The van der Waals surface area contributed by atoms with Gasteiger partial charge in [0.25, 0.3) is 0 Å². The van der Waals surface area contributed by atoms with Crippen molar-refractivity contribution >= 4 is 5.97 Å². The van der Waals surface area contributed by atoms with Crippen molar-refractivity contribution in [3.05, 3.63) is 53.3 Å². The number of rotatable bonds is 7. The van der Waals surface area contributed by atoms with Crippen LogP contribution in [0.4, 0.5) is 4.39 Å². The van der Waals surface area contributed by atoms with E-state index in [0.717, 1.165) is 12.8 Å². The van der Waals surface area contributed by atoms with Gasteiger partial charge in [-0.3, -0.25) is 9.69 Å². The van der Waals surface area contributed by atoms with Gasteiger partial charge in [0, 0.05) is 11.1 Å². The summed E-state index contributed by atoms with van der Waals surface area (Å²) in [6.07, 6.45) is 2.20. The number of carboxylic acids is 1. The first-order chi connectivity index (χ1) is 14.0. The van der Waals surface area contributed by atoms with Crippen LogP contribution in [0.1, 0.15) is 36.4 Å². The molecule has 6 nitrogen and oxygen atoms in total. The number of likely N-dealkylation sites (tertiary alicyclic amines) is 1. The maximum Gasteiger partial charge on any atom is 0.320 e. The van der Waals surface area contributed by atoms with Gasteiger partial charge in [-0.1, -0.05) is 6.42 Å². The lowest BCUT2D eigenvalue weighted by molar-refractivity contribution is -0.145. The lowest BCUT2D eigenvalue weighted by Crippen LogP contribution is -2.47. The van der Waals surface area contributed by atoms with Crippen LogP contribution in [-0.4, -0.2) is 49.9 Å². The fourth-order valence-electron chi connectivity index (χ4n) is 4.02. The Kier molecular flexibility index (Phi) is 6.59. The van der Waals surface area contributed by atoms with E-state index in [-0.39, 0.29) is 0 Å². The molecule has 0 aliphatic carbocycles. The minimum atomic E-state index is -0.896. The van der Waals surface area contributed by atoms with Gasteiger partial charge in [0.05, 0.1) is 27.4 Å². The van der Waals surface area contributed by atoms with E-state index in [2.05, 4.69) is 0 Å². The monoisotopic (exact) mass is 403 g/mol. The number of carbonyl (C=O) groups is 1. The molecular formula is C22H26FNO5. The van der Waals surface area contributed by atoms with E-state index >= 15 is 0 Å². The van der Waals surface area contributed by atoms with Gasteiger partial charge in [0.15, 0.2) is 0 Å². The van der Waals surface area contributed by atoms with Gasteiger partial charge in [0.1, 0.15) is 29.1 Å². The fraction of sp³-hybridized carbons (Fsp3) is 0.409. The van der Waals surface area contributed by atoms with Crippen molar-refractivity contribution in [3.63, 3.8) is 0 Å². The van der Waals surface area contributed by atoms with E-state index in [9.17, 15) is 14.3 Å². The topological polar surface area (TPSA) is 68.2 Å². The number of piperidine rings is 1. The highest BCUT2D eigenvalue weighted by Crippen LogP contribution is 2.43. The summed E-state index contributed by atoms with van der Waals surface area (Å²) >= 11 is 0. The average molecular weight is 403 g/mol. The molecule has 0 aromatic heterocycles. The molecule has 2 unspecified atom stereocenters. The lowest BCUT2D eigenvalue weighted by atomic mass is 9.90. The summed E-state index contributed by atoms with van der Waals surface area (Å²) in [5.74, 6) is 0.335. The third-order valence-corrected chi connectivity index (χ3v) is 5.38. The van der Waals surface area contributed by atoms with Crippen molar-refractivity contribution in [1.82, 2.24) is 4.90 Å². The molecule has 0 amide bonds. The van der Waals surface area contributed by atoms with Crippen molar-refractivity contribution in [2.24, 2.45) is 0 Å². The standard InChI is InChI=1S/C22H26FNO5/c1-27-15-8-10-20(29-3)17(13-15)21(16-12-14(23)7-9-19(16)28-2)24-11-5-4-6-18(24)22(25)26/h7-10,12-13,18,21H,4-6,11H2,1-3H3,(H,25,26). The van der Waals surface area contributed by atoms with E-state index in [1.54, 1.807) is 38.5 Å².